The molecule has 0 unspecified atom stereocenters. The van der Waals surface area contributed by atoms with Gasteiger partial charge in [-0.3, -0.25) is 9.59 Å². The van der Waals surface area contributed by atoms with E-state index in [2.05, 4.69) is 0 Å². The van der Waals surface area contributed by atoms with Crippen LogP contribution in [0.5, 0.6) is 0 Å². The summed E-state index contributed by atoms with van der Waals surface area (Å²) in [6.45, 7) is 0.943. The first-order valence-electron chi connectivity index (χ1n) is 4.72. The monoisotopic (exact) mass is 227 g/mol. The van der Waals surface area contributed by atoms with Crippen molar-refractivity contribution in [3.8, 4) is 0 Å². The number of furan rings is 1. The Bertz CT molecular complexity index is 389. The number of carbonyl (C=O) groups is 2. The first kappa shape index (κ1) is 10.2. The van der Waals surface area contributed by atoms with E-state index in [9.17, 15) is 9.59 Å². The first-order valence-corrected chi connectivity index (χ1v) is 5.10. The smallest absolute Gasteiger partial charge is 0.258 e. The van der Waals surface area contributed by atoms with Gasteiger partial charge in [-0.2, -0.15) is 0 Å². The van der Waals surface area contributed by atoms with Crippen LogP contribution in [0.4, 0.5) is 0 Å². The Labute approximate surface area is 91.8 Å². The maximum Gasteiger partial charge on any atom is 0.258 e. The lowest BCUT2D eigenvalue weighted by Crippen LogP contribution is -2.38. The maximum absolute atomic E-state index is 11.9. The summed E-state index contributed by atoms with van der Waals surface area (Å²) in [5, 5.41) is 0.108. The van der Waals surface area contributed by atoms with Crippen LogP contribution in [0.15, 0.2) is 16.7 Å². The summed E-state index contributed by atoms with van der Waals surface area (Å²) >= 11 is 5.70. The van der Waals surface area contributed by atoms with Gasteiger partial charge in [-0.15, -0.1) is 0 Å². The number of likely N-dealkylation sites (tertiary alicyclic amines) is 1. The molecular weight excluding hydrogens is 218 g/mol. The molecule has 1 aliphatic heterocycles. The van der Waals surface area contributed by atoms with Gasteiger partial charge in [-0.1, -0.05) is 0 Å². The quantitative estimate of drug-likeness (QED) is 0.734. The fraction of sp³-hybridized carbons (Fsp3) is 0.400. The molecule has 1 aromatic heterocycles. The predicted octanol–water partition coefficient (Wildman–Crippen LogP) is 1.74. The Balaban J connectivity index is 2.09. The van der Waals surface area contributed by atoms with Crippen LogP contribution in [0.3, 0.4) is 0 Å². The lowest BCUT2D eigenvalue weighted by Gasteiger charge is -2.25. The van der Waals surface area contributed by atoms with Gasteiger partial charge in [0.25, 0.3) is 5.91 Å². The van der Waals surface area contributed by atoms with E-state index in [1.807, 2.05) is 0 Å². The number of nitrogens with zero attached hydrogens (tertiary/aromatic N) is 1. The van der Waals surface area contributed by atoms with Gasteiger partial charge in [-0.05, 0) is 17.7 Å². The third-order valence-corrected chi connectivity index (χ3v) is 2.75. The highest BCUT2D eigenvalue weighted by molar-refractivity contribution is 6.32. The van der Waals surface area contributed by atoms with Crippen LogP contribution in [-0.4, -0.2) is 29.7 Å². The van der Waals surface area contributed by atoms with Gasteiger partial charge in [-0.25, -0.2) is 0 Å². The zero-order chi connectivity index (χ0) is 10.8. The third-order valence-electron chi connectivity index (χ3n) is 2.46. The first-order chi connectivity index (χ1) is 7.18. The predicted molar refractivity (Wildman–Crippen MR) is 53.9 cm³/mol. The number of hydrogen-bond donors (Lipinski definition) is 0. The summed E-state index contributed by atoms with van der Waals surface area (Å²) < 4.78 is 4.85. The van der Waals surface area contributed by atoms with Crippen LogP contribution in [0, 0.1) is 0 Å². The van der Waals surface area contributed by atoms with Crippen molar-refractivity contribution in [2.24, 2.45) is 0 Å². The molecule has 1 fully saturated rings. The van der Waals surface area contributed by atoms with Crippen molar-refractivity contribution in [3.63, 3.8) is 0 Å². The molecule has 1 saturated heterocycles. The molecule has 0 saturated carbocycles. The van der Waals surface area contributed by atoms with E-state index in [1.54, 1.807) is 11.0 Å². The second-order valence-electron chi connectivity index (χ2n) is 3.44. The van der Waals surface area contributed by atoms with Crippen molar-refractivity contribution in [2.75, 3.05) is 13.1 Å². The molecule has 80 valence electrons. The summed E-state index contributed by atoms with van der Waals surface area (Å²) in [7, 11) is 0. The van der Waals surface area contributed by atoms with Crippen molar-refractivity contribution >= 4 is 23.3 Å². The van der Waals surface area contributed by atoms with E-state index < -0.39 is 0 Å². The molecule has 0 aromatic carbocycles. The number of amides is 1. The van der Waals surface area contributed by atoms with Gasteiger partial charge in [0.15, 0.2) is 0 Å². The average molecular weight is 228 g/mol. The lowest BCUT2D eigenvalue weighted by molar-refractivity contribution is -0.120. The number of hydrogen-bond acceptors (Lipinski definition) is 3. The molecule has 0 bridgehead atoms. The summed E-state index contributed by atoms with van der Waals surface area (Å²) in [5.74, 6) is 0.0404. The lowest BCUT2D eigenvalue weighted by atomic mass is 10.1. The maximum atomic E-state index is 11.9. The van der Waals surface area contributed by atoms with Crippen LogP contribution in [0.1, 0.15) is 23.2 Å². The van der Waals surface area contributed by atoms with E-state index in [-0.39, 0.29) is 16.9 Å². The number of piperidine rings is 1. The highest BCUT2D eigenvalue weighted by Gasteiger charge is 2.24. The summed E-state index contributed by atoms with van der Waals surface area (Å²) in [5.41, 5.74) is 0.367. The van der Waals surface area contributed by atoms with Gasteiger partial charge in [0.2, 0.25) is 5.22 Å². The Kier molecular flexibility index (Phi) is 2.77. The SMILES string of the molecule is O=C1CCN(C(=O)c2ccoc2Cl)CC1. The van der Waals surface area contributed by atoms with Crippen LogP contribution in [-0.2, 0) is 4.79 Å². The minimum Gasteiger partial charge on any atom is -0.452 e. The van der Waals surface area contributed by atoms with E-state index >= 15 is 0 Å². The molecule has 2 rings (SSSR count). The van der Waals surface area contributed by atoms with Crippen molar-refractivity contribution in [3.05, 3.63) is 23.1 Å². The molecule has 0 N–H and O–H groups in total. The molecule has 4 nitrogen and oxygen atoms in total. The molecule has 15 heavy (non-hydrogen) atoms. The Hall–Kier alpha value is -1.29. The number of halogens is 1. The molecule has 0 atom stereocenters. The van der Waals surface area contributed by atoms with Crippen LogP contribution in [0.2, 0.25) is 5.22 Å². The van der Waals surface area contributed by atoms with Gasteiger partial charge >= 0.3 is 0 Å². The molecule has 0 radical (unpaired) electrons. The molecule has 5 heteroatoms. The molecule has 2 heterocycles. The number of carbonyl (C=O) groups excluding carboxylic acids is 2. The molecule has 1 aromatic rings. The van der Waals surface area contributed by atoms with Gasteiger partial charge in [0.05, 0.1) is 11.8 Å². The normalized spacial score (nSPS) is 16.9. The fourth-order valence-electron chi connectivity index (χ4n) is 1.58. The van der Waals surface area contributed by atoms with E-state index in [0.29, 0.717) is 31.5 Å². The van der Waals surface area contributed by atoms with E-state index in [0.717, 1.165) is 0 Å². The molecule has 0 spiro atoms. The van der Waals surface area contributed by atoms with Gasteiger partial charge < -0.3 is 9.32 Å². The molecule has 1 amide bonds. The van der Waals surface area contributed by atoms with Crippen LogP contribution >= 0.6 is 11.6 Å². The van der Waals surface area contributed by atoms with E-state index in [1.165, 1.54) is 6.26 Å². The summed E-state index contributed by atoms with van der Waals surface area (Å²) in [6.07, 6.45) is 2.24. The molecule has 1 aliphatic rings. The van der Waals surface area contributed by atoms with Crippen molar-refractivity contribution in [1.82, 2.24) is 4.90 Å². The van der Waals surface area contributed by atoms with Crippen molar-refractivity contribution < 1.29 is 14.0 Å². The number of Topliss-reactive ketones (excluding diaryl/α,β-unsaturated/α-hetero) is 1. The Morgan fingerprint density at radius 2 is 2.07 bits per heavy atom. The minimum atomic E-state index is -0.166. The largest absolute Gasteiger partial charge is 0.452 e. The number of ketones is 1. The Morgan fingerprint density at radius 3 is 2.60 bits per heavy atom. The summed E-state index contributed by atoms with van der Waals surface area (Å²) in [6, 6.07) is 1.54. The number of rotatable bonds is 1. The zero-order valence-electron chi connectivity index (χ0n) is 8.03. The minimum absolute atomic E-state index is 0.108. The fourth-order valence-corrected chi connectivity index (χ4v) is 1.77. The van der Waals surface area contributed by atoms with Crippen molar-refractivity contribution in [2.45, 2.75) is 12.8 Å². The second kappa shape index (κ2) is 4.06. The van der Waals surface area contributed by atoms with E-state index in [4.69, 9.17) is 16.0 Å². The van der Waals surface area contributed by atoms with Gasteiger partial charge in [0, 0.05) is 25.9 Å². The highest BCUT2D eigenvalue weighted by Crippen LogP contribution is 2.20. The van der Waals surface area contributed by atoms with Gasteiger partial charge in [0.1, 0.15) is 5.78 Å². The van der Waals surface area contributed by atoms with Crippen LogP contribution < -0.4 is 0 Å². The standard InChI is InChI=1S/C10H10ClNO3/c11-9-8(3-6-15-9)10(14)12-4-1-7(13)2-5-12/h3,6H,1-2,4-5H2. The average Bonchev–Trinajstić information content (AvgIpc) is 2.65. The van der Waals surface area contributed by atoms with Crippen molar-refractivity contribution in [1.29, 1.82) is 0 Å². The topological polar surface area (TPSA) is 50.5 Å². The molecule has 0 aliphatic carbocycles. The summed E-state index contributed by atoms with van der Waals surface area (Å²) in [4.78, 5) is 24.5. The second-order valence-corrected chi connectivity index (χ2v) is 3.78. The van der Waals surface area contributed by atoms with Crippen LogP contribution in [0.25, 0.3) is 0 Å². The highest BCUT2D eigenvalue weighted by atomic mass is 35.5. The third kappa shape index (κ3) is 2.04. The Morgan fingerprint density at radius 1 is 1.40 bits per heavy atom. The molecular formula is C10H10ClNO3. The zero-order valence-corrected chi connectivity index (χ0v) is 8.79.